The van der Waals surface area contributed by atoms with E-state index in [1.807, 2.05) is 12.2 Å². The molecule has 4 unspecified atom stereocenters. The number of phosphoric acid groups is 1. The van der Waals surface area contributed by atoms with Gasteiger partial charge in [0.25, 0.3) is 0 Å². The molecule has 2 fully saturated rings. The van der Waals surface area contributed by atoms with Crippen LogP contribution in [0.1, 0.15) is 18.9 Å². The van der Waals surface area contributed by atoms with Gasteiger partial charge in [0.15, 0.2) is 52.5 Å². The van der Waals surface area contributed by atoms with Crippen LogP contribution in [-0.2, 0) is 32.2 Å². The number of nitrogens with zero attached hydrogens (tertiary/aromatic N) is 8. The number of aliphatic hydroxyl groups excluding tert-OH is 1. The number of aliphatic hydroxyl groups is 1. The number of ether oxygens (including phenoxy) is 2. The van der Waals surface area contributed by atoms with Crippen molar-refractivity contribution in [2.45, 2.75) is 49.5 Å². The molecule has 19 nitrogen and oxygen atoms in total. The summed E-state index contributed by atoms with van der Waals surface area (Å²) in [6.07, 6.45) is 0.0877. The Balaban J connectivity index is 1.21. The van der Waals surface area contributed by atoms with Gasteiger partial charge in [-0.15, -0.1) is 4.52 Å². The van der Waals surface area contributed by atoms with Crippen molar-refractivity contribution in [3.63, 3.8) is 0 Å². The number of hydrogen-bond acceptors (Lipinski definition) is 16. The van der Waals surface area contributed by atoms with Crippen molar-refractivity contribution in [1.29, 1.82) is 0 Å². The Bertz CT molecular complexity index is 1870. The van der Waals surface area contributed by atoms with Gasteiger partial charge in [-0.2, -0.15) is 0 Å². The maximum Gasteiger partial charge on any atom is 0.582 e. The fraction of sp³-hybridized carbons (Fsp3) is 0.500. The van der Waals surface area contributed by atoms with Crippen molar-refractivity contribution in [1.82, 2.24) is 39.0 Å². The molecule has 4 aromatic rings. The number of halogens is 1. The van der Waals surface area contributed by atoms with Gasteiger partial charge in [0.05, 0.1) is 25.9 Å². The van der Waals surface area contributed by atoms with Gasteiger partial charge < -0.3 is 30.1 Å². The highest BCUT2D eigenvalue weighted by molar-refractivity contribution is 8.39. The van der Waals surface area contributed by atoms with Crippen LogP contribution in [0.5, 0.6) is 0 Å². The van der Waals surface area contributed by atoms with Crippen LogP contribution in [0, 0.1) is 0 Å². The molecule has 0 aromatic carbocycles. The molecule has 4 N–H and O–H groups in total. The van der Waals surface area contributed by atoms with Crippen LogP contribution in [0.4, 0.5) is 16.0 Å². The standard InChI is InChI=1S/C24H27FN10O9P2S/c25-16-19(43-45(37)47)14-7-40-46(38,39)44-12-5-15(41-13(12)6-36)34-10-32-17-20(28-8-30-22(17)34)26-3-1-2-4-27-21-18-23(31-9-29-21)35(11-33-18)24(16)42-14/h1-2,8-16,19,24,36H,3-7H2,(H3-,26,27,28,29,30,31,37,38,39,47)/p+1/b2-1+/t12-,13?,14+,15?,16+,19+,24+/m0/s1. The van der Waals surface area contributed by atoms with Crippen molar-refractivity contribution in [2.24, 2.45) is 0 Å². The van der Waals surface area contributed by atoms with Crippen LogP contribution in [0.25, 0.3) is 22.3 Å². The molecule has 9 atom stereocenters. The van der Waals surface area contributed by atoms with Crippen molar-refractivity contribution in [2.75, 3.05) is 36.9 Å². The number of rotatable bonds is 3. The molecule has 12 bridgehead atoms. The number of nitrogens with one attached hydrogen (secondary N) is 2. The molecule has 7 rings (SSSR count). The van der Waals surface area contributed by atoms with Gasteiger partial charge in [0.1, 0.15) is 49.4 Å². The Kier molecular flexibility index (Phi) is 9.18. The van der Waals surface area contributed by atoms with Gasteiger partial charge in [-0.3, -0.25) is 18.2 Å². The SMILES string of the molecule is O=[P+](S)O[C@H]1[C@@H](F)[C@H]2O[C@@H]1COP(=O)(O)O[C@H]1CC(OC1CO)n1cnc3c(ncnc31)NC/C=C/CNc1ncnc3c1ncn32. The Morgan fingerprint density at radius 1 is 1.00 bits per heavy atom. The first-order chi connectivity index (χ1) is 22.7. The Hall–Kier alpha value is -3.23. The molecule has 3 aliphatic heterocycles. The lowest BCUT2D eigenvalue weighted by Gasteiger charge is -2.21. The number of anilines is 2. The lowest BCUT2D eigenvalue weighted by Crippen LogP contribution is -2.33. The number of phosphoric ester groups is 1. The minimum Gasteiger partial charge on any atom is -0.394 e. The van der Waals surface area contributed by atoms with Crippen molar-refractivity contribution in [3.8, 4) is 0 Å². The molecule has 0 spiro atoms. The van der Waals surface area contributed by atoms with E-state index >= 15 is 4.39 Å². The smallest absolute Gasteiger partial charge is 0.394 e. The number of thiol groups is 1. The molecule has 4 aromatic heterocycles. The number of fused-ring (bicyclic) bond motifs is 6. The van der Waals surface area contributed by atoms with E-state index in [1.165, 1.54) is 29.9 Å². The number of imidazole rings is 2. The van der Waals surface area contributed by atoms with Gasteiger partial charge in [-0.05, 0) is 4.57 Å². The summed E-state index contributed by atoms with van der Waals surface area (Å²) in [4.78, 5) is 36.5. The summed E-state index contributed by atoms with van der Waals surface area (Å²) in [6, 6.07) is 0. The second-order valence-corrected chi connectivity index (χ2v) is 13.7. The van der Waals surface area contributed by atoms with Gasteiger partial charge in [-0.25, -0.2) is 38.9 Å². The average Bonchev–Trinajstić information content (AvgIpc) is 3.82. The maximum atomic E-state index is 15.9. The molecule has 3 aliphatic rings. The molecule has 47 heavy (non-hydrogen) atoms. The molecule has 250 valence electrons. The molecule has 7 heterocycles. The minimum absolute atomic E-state index is 0.0189. The Morgan fingerprint density at radius 3 is 2.28 bits per heavy atom. The maximum absolute atomic E-state index is 15.9. The monoisotopic (exact) mass is 713 g/mol. The van der Waals surface area contributed by atoms with Crippen LogP contribution < -0.4 is 10.6 Å². The molecule has 0 radical (unpaired) electrons. The summed E-state index contributed by atoms with van der Waals surface area (Å²) in [7, 11) is -7.48. The van der Waals surface area contributed by atoms with Crippen molar-refractivity contribution >= 4 is 61.3 Å². The highest BCUT2D eigenvalue weighted by Gasteiger charge is 2.52. The highest BCUT2D eigenvalue weighted by atomic mass is 32.7. The second-order valence-electron chi connectivity index (χ2n) is 10.6. The number of hydrogen-bond donors (Lipinski definition) is 5. The fourth-order valence-electron chi connectivity index (χ4n) is 5.63. The third kappa shape index (κ3) is 6.48. The van der Waals surface area contributed by atoms with E-state index in [0.717, 1.165) is 0 Å². The zero-order valence-corrected chi connectivity index (χ0v) is 26.8. The van der Waals surface area contributed by atoms with E-state index in [4.69, 9.17) is 23.0 Å². The van der Waals surface area contributed by atoms with E-state index in [1.54, 1.807) is 4.57 Å². The molecule has 2 saturated heterocycles. The van der Waals surface area contributed by atoms with Gasteiger partial charge >= 0.3 is 15.1 Å². The van der Waals surface area contributed by atoms with Crippen LogP contribution >= 0.6 is 27.3 Å². The molecular formula is C24H28FN10O9P2S+. The van der Waals surface area contributed by atoms with E-state index < -0.39 is 71.3 Å². The largest absolute Gasteiger partial charge is 0.582 e. The summed E-state index contributed by atoms with van der Waals surface area (Å²) >= 11 is 3.75. The quantitative estimate of drug-likeness (QED) is 0.116. The first-order valence-corrected chi connectivity index (χ1v) is 18.1. The van der Waals surface area contributed by atoms with Gasteiger partial charge in [-0.1, -0.05) is 12.2 Å². The fourth-order valence-corrected chi connectivity index (χ4v) is 7.38. The van der Waals surface area contributed by atoms with E-state index in [-0.39, 0.29) is 12.1 Å². The zero-order valence-electron chi connectivity index (χ0n) is 24.1. The average molecular weight is 714 g/mol. The second kappa shape index (κ2) is 13.3. The first-order valence-electron chi connectivity index (χ1n) is 14.2. The molecule has 0 amide bonds. The summed E-state index contributed by atoms with van der Waals surface area (Å²) in [5.41, 5.74) is 1.42. The lowest BCUT2D eigenvalue weighted by atomic mass is 10.1. The van der Waals surface area contributed by atoms with Gasteiger partial charge in [0.2, 0.25) is 0 Å². The third-order valence-electron chi connectivity index (χ3n) is 7.75. The summed E-state index contributed by atoms with van der Waals surface area (Å²) < 4.78 is 71.5. The first kappa shape index (κ1) is 32.3. The van der Waals surface area contributed by atoms with E-state index in [2.05, 4.69) is 52.8 Å². The molecular weight excluding hydrogens is 685 g/mol. The predicted molar refractivity (Wildman–Crippen MR) is 163 cm³/mol. The van der Waals surface area contributed by atoms with Crippen LogP contribution in [0.3, 0.4) is 0 Å². The normalized spacial score (nSPS) is 32.7. The lowest BCUT2D eigenvalue weighted by molar-refractivity contribution is -0.0546. The Morgan fingerprint density at radius 2 is 1.64 bits per heavy atom. The van der Waals surface area contributed by atoms with Crippen molar-refractivity contribution < 1.29 is 46.6 Å². The molecule has 23 heteroatoms. The highest BCUT2D eigenvalue weighted by Crippen LogP contribution is 2.50. The van der Waals surface area contributed by atoms with E-state index in [0.29, 0.717) is 41.4 Å². The Labute approximate surface area is 270 Å². The summed E-state index contributed by atoms with van der Waals surface area (Å²) in [6.45, 7) is -0.489. The van der Waals surface area contributed by atoms with Crippen molar-refractivity contribution in [3.05, 3.63) is 37.5 Å². The summed E-state index contributed by atoms with van der Waals surface area (Å²) in [5.74, 6) is 0.842. The minimum atomic E-state index is -4.88. The number of alkyl halides is 1. The van der Waals surface area contributed by atoms with Crippen LogP contribution in [0.2, 0.25) is 0 Å². The van der Waals surface area contributed by atoms with Crippen LogP contribution in [-0.4, -0.2) is 106 Å². The van der Waals surface area contributed by atoms with E-state index in [9.17, 15) is 19.1 Å². The topological polar surface area (TPSA) is 232 Å². The molecule has 0 saturated carbocycles. The third-order valence-corrected chi connectivity index (χ3v) is 9.47. The number of aromatic nitrogens is 8. The summed E-state index contributed by atoms with van der Waals surface area (Å²) in [5, 5.41) is 16.3. The zero-order chi connectivity index (χ0) is 32.7. The molecule has 0 aliphatic carbocycles. The predicted octanol–water partition coefficient (Wildman–Crippen LogP) is 2.05. The van der Waals surface area contributed by atoms with Crippen LogP contribution in [0.15, 0.2) is 37.5 Å². The van der Waals surface area contributed by atoms with Gasteiger partial charge in [0, 0.05) is 19.5 Å².